The summed E-state index contributed by atoms with van der Waals surface area (Å²) in [6.07, 6.45) is -1.95. The average molecular weight is 376 g/mol. The molecule has 0 aliphatic heterocycles. The Kier molecular flexibility index (Phi) is 4.16. The van der Waals surface area contributed by atoms with Crippen LogP contribution in [0.5, 0.6) is 0 Å². The first-order chi connectivity index (χ1) is 12.7. The molecule has 0 aromatic carbocycles. The van der Waals surface area contributed by atoms with E-state index < -0.39 is 52.4 Å². The van der Waals surface area contributed by atoms with Crippen molar-refractivity contribution < 1.29 is 44.4 Å². The van der Waals surface area contributed by atoms with E-state index in [-0.39, 0.29) is 23.4 Å². The summed E-state index contributed by atoms with van der Waals surface area (Å²) in [5.41, 5.74) is -2.99. The van der Waals surface area contributed by atoms with Gasteiger partial charge in [0.2, 0.25) is 0 Å². The molecule has 0 fully saturated rings. The second-order valence-electron chi connectivity index (χ2n) is 5.50. The molecule has 11 heteroatoms. The molecule has 1 atom stereocenters. The van der Waals surface area contributed by atoms with Crippen LogP contribution in [0.2, 0.25) is 0 Å². The first kappa shape index (κ1) is 18.1. The van der Waals surface area contributed by atoms with Gasteiger partial charge in [-0.05, 0) is 19.1 Å². The lowest BCUT2D eigenvalue weighted by Gasteiger charge is -2.23. The quantitative estimate of drug-likeness (QED) is 0.568. The van der Waals surface area contributed by atoms with Crippen LogP contribution in [0.4, 0.5) is 0 Å². The topological polar surface area (TPSA) is 176 Å². The minimum Gasteiger partial charge on any atom is -0.478 e. The fourth-order valence-corrected chi connectivity index (χ4v) is 2.89. The minimum atomic E-state index is -1.95. The van der Waals surface area contributed by atoms with Crippen LogP contribution < -0.4 is 4.84 Å². The fourth-order valence-electron chi connectivity index (χ4n) is 2.89. The van der Waals surface area contributed by atoms with Crippen LogP contribution in [0.3, 0.4) is 0 Å². The first-order valence-corrected chi connectivity index (χ1v) is 7.55. The van der Waals surface area contributed by atoms with Crippen molar-refractivity contribution in [1.82, 2.24) is 9.71 Å². The molecule has 1 aliphatic rings. The number of rotatable bonds is 5. The number of fused-ring (bicyclic) bond motifs is 3. The van der Waals surface area contributed by atoms with Gasteiger partial charge in [-0.25, -0.2) is 19.4 Å². The van der Waals surface area contributed by atoms with Crippen LogP contribution in [-0.2, 0) is 0 Å². The van der Waals surface area contributed by atoms with E-state index in [2.05, 4.69) is 4.98 Å². The van der Waals surface area contributed by atoms with Gasteiger partial charge in [0.1, 0.15) is 18.0 Å². The number of aromatic nitrogens is 2. The Bertz CT molecular complexity index is 1020. The lowest BCUT2D eigenvalue weighted by atomic mass is 9.87. The van der Waals surface area contributed by atoms with Gasteiger partial charge in [0, 0.05) is 5.56 Å². The van der Waals surface area contributed by atoms with E-state index in [4.69, 9.17) is 9.94 Å². The van der Waals surface area contributed by atoms with Crippen molar-refractivity contribution >= 4 is 23.7 Å². The van der Waals surface area contributed by atoms with Gasteiger partial charge < -0.3 is 25.3 Å². The molecule has 2 aromatic rings. The number of Topliss-reactive ketones (excluding diaryl/α,β-unsaturated/α-hetero) is 1. The standard InChI is InChI=1S/C16H12N2O9/c1-2-27-18-8(16(25)26)4-6-11(18)9-5(14(21)22)3-7(15(23)24)17-10(9)13(20)12(6)19/h3-4,13,20H,2H2,1H3,(H,21,22)(H,23,24)(H,25,26). The number of aliphatic hydroxyl groups is 1. The van der Waals surface area contributed by atoms with E-state index in [0.29, 0.717) is 0 Å². The Morgan fingerprint density at radius 3 is 2.33 bits per heavy atom. The fraction of sp³-hybridized carbons (Fsp3) is 0.188. The molecule has 4 N–H and O–H groups in total. The van der Waals surface area contributed by atoms with Crippen molar-refractivity contribution in [3.8, 4) is 11.3 Å². The lowest BCUT2D eigenvalue weighted by Crippen LogP contribution is -2.26. The van der Waals surface area contributed by atoms with E-state index >= 15 is 0 Å². The van der Waals surface area contributed by atoms with Gasteiger partial charge in [0.05, 0.1) is 16.8 Å². The summed E-state index contributed by atoms with van der Waals surface area (Å²) < 4.78 is 0.773. The monoisotopic (exact) mass is 376 g/mol. The van der Waals surface area contributed by atoms with Crippen LogP contribution in [0.1, 0.15) is 60.4 Å². The maximum Gasteiger partial charge on any atom is 0.356 e. The summed E-state index contributed by atoms with van der Waals surface area (Å²) in [5.74, 6) is -5.51. The molecular formula is C16H12N2O9. The number of hydrogen-bond donors (Lipinski definition) is 4. The highest BCUT2D eigenvalue weighted by molar-refractivity contribution is 6.13. The van der Waals surface area contributed by atoms with E-state index in [0.717, 1.165) is 16.9 Å². The number of carbonyl (C=O) groups is 4. The zero-order chi connectivity index (χ0) is 20.0. The third-order valence-corrected chi connectivity index (χ3v) is 3.94. The zero-order valence-electron chi connectivity index (χ0n) is 13.7. The summed E-state index contributed by atoms with van der Waals surface area (Å²) >= 11 is 0. The van der Waals surface area contributed by atoms with Gasteiger partial charge in [-0.3, -0.25) is 4.79 Å². The molecule has 11 nitrogen and oxygen atoms in total. The van der Waals surface area contributed by atoms with Crippen molar-refractivity contribution in [2.45, 2.75) is 13.0 Å². The van der Waals surface area contributed by atoms with Gasteiger partial charge in [-0.15, -0.1) is 0 Å². The van der Waals surface area contributed by atoms with Gasteiger partial charge in [-0.2, -0.15) is 4.73 Å². The summed E-state index contributed by atoms with van der Waals surface area (Å²) in [6, 6.07) is 1.72. The molecular weight excluding hydrogens is 364 g/mol. The Morgan fingerprint density at radius 1 is 1.15 bits per heavy atom. The number of carboxylic acid groups (broad SMARTS) is 3. The Balaban J connectivity index is 2.48. The second-order valence-corrected chi connectivity index (χ2v) is 5.50. The highest BCUT2D eigenvalue weighted by Gasteiger charge is 2.40. The maximum absolute atomic E-state index is 12.5. The van der Waals surface area contributed by atoms with Crippen molar-refractivity contribution in [2.75, 3.05) is 6.61 Å². The normalized spacial score (nSPS) is 15.0. The summed E-state index contributed by atoms with van der Waals surface area (Å²) in [4.78, 5) is 55.9. The molecule has 27 heavy (non-hydrogen) atoms. The maximum atomic E-state index is 12.5. The second kappa shape index (κ2) is 6.21. The van der Waals surface area contributed by atoms with Crippen molar-refractivity contribution in [3.05, 3.63) is 40.3 Å². The predicted octanol–water partition coefficient (Wildman–Crippen LogP) is 0.323. The van der Waals surface area contributed by atoms with E-state index in [9.17, 15) is 34.5 Å². The smallest absolute Gasteiger partial charge is 0.356 e. The van der Waals surface area contributed by atoms with Crippen molar-refractivity contribution in [1.29, 1.82) is 0 Å². The molecule has 140 valence electrons. The Labute approximate surface area is 150 Å². The Morgan fingerprint density at radius 2 is 1.81 bits per heavy atom. The van der Waals surface area contributed by atoms with Crippen molar-refractivity contribution in [2.24, 2.45) is 0 Å². The number of carboxylic acids is 3. The predicted molar refractivity (Wildman–Crippen MR) is 85.0 cm³/mol. The van der Waals surface area contributed by atoms with Gasteiger partial charge in [0.25, 0.3) is 0 Å². The molecule has 0 saturated carbocycles. The number of aromatic carboxylic acids is 3. The van der Waals surface area contributed by atoms with Crippen LogP contribution in [0.15, 0.2) is 12.1 Å². The van der Waals surface area contributed by atoms with E-state index in [1.807, 2.05) is 0 Å². The van der Waals surface area contributed by atoms with E-state index in [1.54, 1.807) is 6.92 Å². The molecule has 0 saturated heterocycles. The average Bonchev–Trinajstić information content (AvgIpc) is 2.98. The highest BCUT2D eigenvalue weighted by atomic mass is 16.7. The third-order valence-electron chi connectivity index (χ3n) is 3.94. The number of nitrogens with zero attached hydrogens (tertiary/aromatic N) is 2. The summed E-state index contributed by atoms with van der Waals surface area (Å²) in [5, 5.41) is 38.2. The molecule has 1 unspecified atom stereocenters. The van der Waals surface area contributed by atoms with Crippen LogP contribution in [0.25, 0.3) is 11.3 Å². The number of pyridine rings is 1. The molecule has 0 radical (unpaired) electrons. The first-order valence-electron chi connectivity index (χ1n) is 7.55. The van der Waals surface area contributed by atoms with Crippen molar-refractivity contribution in [3.63, 3.8) is 0 Å². The molecule has 2 aromatic heterocycles. The van der Waals surface area contributed by atoms with Gasteiger partial charge in [-0.1, -0.05) is 0 Å². The minimum absolute atomic E-state index is 0.0173. The molecule has 1 aliphatic carbocycles. The molecule has 2 heterocycles. The number of ketones is 1. The van der Waals surface area contributed by atoms with Crippen LogP contribution >= 0.6 is 0 Å². The van der Waals surface area contributed by atoms with Crippen LogP contribution in [0, 0.1) is 0 Å². The Hall–Kier alpha value is -3.73. The molecule has 0 bridgehead atoms. The number of aliphatic hydroxyl groups excluding tert-OH is 1. The van der Waals surface area contributed by atoms with Gasteiger partial charge in [0.15, 0.2) is 17.6 Å². The lowest BCUT2D eigenvalue weighted by molar-refractivity contribution is 0.0609. The summed E-state index contributed by atoms with van der Waals surface area (Å²) in [6.45, 7) is 1.53. The van der Waals surface area contributed by atoms with Crippen LogP contribution in [-0.4, -0.2) is 60.4 Å². The SMILES string of the molecule is CCOn1c(C(=O)O)cc2c1-c1c(C(=O)O)cc(C(=O)O)nc1C(O)C2=O. The zero-order valence-corrected chi connectivity index (χ0v) is 13.7. The molecule has 3 rings (SSSR count). The molecule has 0 spiro atoms. The van der Waals surface area contributed by atoms with Gasteiger partial charge >= 0.3 is 17.9 Å². The third kappa shape index (κ3) is 2.60. The molecule has 0 amide bonds. The largest absolute Gasteiger partial charge is 0.478 e. The number of carbonyl (C=O) groups excluding carboxylic acids is 1. The number of hydrogen-bond acceptors (Lipinski definition) is 7. The highest BCUT2D eigenvalue weighted by Crippen LogP contribution is 2.41. The van der Waals surface area contributed by atoms with E-state index in [1.165, 1.54) is 0 Å². The summed E-state index contributed by atoms with van der Waals surface area (Å²) in [7, 11) is 0.